The number of aromatic nitrogens is 2. The molecule has 178 valence electrons. The summed E-state index contributed by atoms with van der Waals surface area (Å²) >= 11 is 6.04. The zero-order chi connectivity index (χ0) is 23.8. The number of benzene rings is 1. The molecule has 3 rings (SSSR count). The number of hydrogen-bond donors (Lipinski definition) is 2. The zero-order valence-corrected chi connectivity index (χ0v) is 19.7. The highest BCUT2D eigenvalue weighted by Gasteiger charge is 2.24. The minimum Gasteiger partial charge on any atom is -0.450 e. The molecule has 2 N–H and O–H groups in total. The molecule has 10 heteroatoms. The number of amides is 3. The predicted molar refractivity (Wildman–Crippen MR) is 125 cm³/mol. The fourth-order valence-corrected chi connectivity index (χ4v) is 3.95. The van der Waals surface area contributed by atoms with E-state index in [0.717, 1.165) is 5.69 Å². The molecule has 0 atom stereocenters. The van der Waals surface area contributed by atoms with Crippen LogP contribution in [-0.4, -0.2) is 64.9 Å². The van der Waals surface area contributed by atoms with Gasteiger partial charge in [-0.15, -0.1) is 0 Å². The number of ether oxygens (including phenoxy) is 1. The molecule has 33 heavy (non-hydrogen) atoms. The maximum Gasteiger partial charge on any atom is 0.409 e. The molecule has 2 aromatic rings. The van der Waals surface area contributed by atoms with E-state index in [1.165, 1.54) is 6.20 Å². The van der Waals surface area contributed by atoms with Gasteiger partial charge < -0.3 is 20.3 Å². The first-order valence-corrected chi connectivity index (χ1v) is 11.6. The van der Waals surface area contributed by atoms with Gasteiger partial charge in [0.25, 0.3) is 5.91 Å². The minimum atomic E-state index is -0.300. The van der Waals surface area contributed by atoms with E-state index in [1.54, 1.807) is 28.6 Å². The Bertz CT molecular complexity index is 985. The quantitative estimate of drug-likeness (QED) is 0.571. The van der Waals surface area contributed by atoms with Gasteiger partial charge in [0.15, 0.2) is 0 Å². The highest BCUT2D eigenvalue weighted by molar-refractivity contribution is 6.30. The first-order chi connectivity index (χ1) is 15.9. The monoisotopic (exact) mass is 475 g/mol. The van der Waals surface area contributed by atoms with Crippen molar-refractivity contribution < 1.29 is 19.1 Å². The van der Waals surface area contributed by atoms with Gasteiger partial charge >= 0.3 is 6.09 Å². The van der Waals surface area contributed by atoms with Crippen molar-refractivity contribution in [3.05, 3.63) is 46.7 Å². The Labute approximate surface area is 198 Å². The number of piperidine rings is 1. The summed E-state index contributed by atoms with van der Waals surface area (Å²) in [4.78, 5) is 38.2. The summed E-state index contributed by atoms with van der Waals surface area (Å²) < 4.78 is 6.67. The van der Waals surface area contributed by atoms with E-state index >= 15 is 0 Å². The van der Waals surface area contributed by atoms with Gasteiger partial charge in [-0.05, 0) is 51.3 Å². The summed E-state index contributed by atoms with van der Waals surface area (Å²) in [6.45, 7) is 5.49. The maximum absolute atomic E-state index is 12.5. The number of halogens is 1. The van der Waals surface area contributed by atoms with Gasteiger partial charge in [-0.3, -0.25) is 9.59 Å². The number of carbonyl (C=O) groups excluding carboxylic acids is 3. The summed E-state index contributed by atoms with van der Waals surface area (Å²) in [5.41, 5.74) is 1.97. The normalized spacial score (nSPS) is 14.1. The smallest absolute Gasteiger partial charge is 0.409 e. The van der Waals surface area contributed by atoms with Crippen LogP contribution >= 0.6 is 11.6 Å². The Morgan fingerprint density at radius 3 is 2.70 bits per heavy atom. The van der Waals surface area contributed by atoms with Crippen LogP contribution in [0, 0.1) is 6.92 Å². The fraction of sp³-hybridized carbons (Fsp3) is 0.478. The molecule has 1 aliphatic heterocycles. The van der Waals surface area contributed by atoms with Crippen molar-refractivity contribution in [2.75, 3.05) is 26.2 Å². The van der Waals surface area contributed by atoms with Gasteiger partial charge in [0, 0.05) is 37.1 Å². The summed E-state index contributed by atoms with van der Waals surface area (Å²) in [7, 11) is 0. The van der Waals surface area contributed by atoms with Crippen molar-refractivity contribution in [1.82, 2.24) is 25.3 Å². The lowest BCUT2D eigenvalue weighted by atomic mass is 10.1. The molecule has 1 aromatic carbocycles. The first-order valence-electron chi connectivity index (χ1n) is 11.2. The van der Waals surface area contributed by atoms with Crippen molar-refractivity contribution >= 4 is 29.5 Å². The van der Waals surface area contributed by atoms with E-state index in [0.29, 0.717) is 68.2 Å². The standard InChI is InChI=1S/C23H30ClN5O4/c1-3-33-23(32)28-12-9-18(10-13-28)27-21(30)8-5-11-25-22(31)20-15-26-29(16(20)2)19-7-4-6-17(24)14-19/h4,6-7,14-15,18H,3,5,8-13H2,1-2H3,(H,25,31)(H,27,30). The van der Waals surface area contributed by atoms with Crippen molar-refractivity contribution in [3.8, 4) is 5.69 Å². The van der Waals surface area contributed by atoms with Crippen molar-refractivity contribution in [2.45, 2.75) is 45.6 Å². The molecule has 1 saturated heterocycles. The molecule has 0 bridgehead atoms. The predicted octanol–water partition coefficient (Wildman–Crippen LogP) is 3.08. The van der Waals surface area contributed by atoms with E-state index in [4.69, 9.17) is 16.3 Å². The van der Waals surface area contributed by atoms with Gasteiger partial charge in [0.05, 0.1) is 29.7 Å². The van der Waals surface area contributed by atoms with Crippen LogP contribution in [0.4, 0.5) is 4.79 Å². The van der Waals surface area contributed by atoms with Crippen LogP contribution in [0.2, 0.25) is 5.02 Å². The molecule has 1 aromatic heterocycles. The fourth-order valence-electron chi connectivity index (χ4n) is 3.77. The molecular formula is C23H30ClN5O4. The van der Waals surface area contributed by atoms with Crippen molar-refractivity contribution in [1.29, 1.82) is 0 Å². The molecule has 9 nitrogen and oxygen atoms in total. The highest BCUT2D eigenvalue weighted by atomic mass is 35.5. The van der Waals surface area contributed by atoms with Gasteiger partial charge in [-0.25, -0.2) is 9.48 Å². The summed E-state index contributed by atoms with van der Waals surface area (Å²) in [6, 6.07) is 7.31. The van der Waals surface area contributed by atoms with E-state index in [2.05, 4.69) is 15.7 Å². The largest absolute Gasteiger partial charge is 0.450 e. The van der Waals surface area contributed by atoms with Gasteiger partial charge in [0.2, 0.25) is 5.91 Å². The SMILES string of the molecule is CCOC(=O)N1CCC(NC(=O)CCCNC(=O)c2cnn(-c3cccc(Cl)c3)c2C)CC1. The molecular weight excluding hydrogens is 446 g/mol. The van der Waals surface area contributed by atoms with E-state index in [9.17, 15) is 14.4 Å². The molecule has 1 fully saturated rings. The second kappa shape index (κ2) is 11.7. The minimum absolute atomic E-state index is 0.0520. The summed E-state index contributed by atoms with van der Waals surface area (Å²) in [5.74, 6) is -0.281. The number of nitrogens with one attached hydrogen (secondary N) is 2. The average molecular weight is 476 g/mol. The van der Waals surface area contributed by atoms with E-state index in [1.807, 2.05) is 19.1 Å². The van der Waals surface area contributed by atoms with Crippen LogP contribution in [0.15, 0.2) is 30.5 Å². The molecule has 0 aliphatic carbocycles. The van der Waals surface area contributed by atoms with Gasteiger partial charge in [-0.1, -0.05) is 17.7 Å². The van der Waals surface area contributed by atoms with Gasteiger partial charge in [0.1, 0.15) is 0 Å². The Balaban J connectivity index is 1.38. The number of rotatable bonds is 8. The highest BCUT2D eigenvalue weighted by Crippen LogP contribution is 2.18. The lowest BCUT2D eigenvalue weighted by Crippen LogP contribution is -2.46. The van der Waals surface area contributed by atoms with Crippen LogP contribution in [-0.2, 0) is 9.53 Å². The van der Waals surface area contributed by atoms with Crippen LogP contribution in [0.1, 0.15) is 48.7 Å². The van der Waals surface area contributed by atoms with Crippen LogP contribution in [0.5, 0.6) is 0 Å². The van der Waals surface area contributed by atoms with Crippen LogP contribution in [0.3, 0.4) is 0 Å². The lowest BCUT2D eigenvalue weighted by molar-refractivity contribution is -0.122. The molecule has 0 saturated carbocycles. The topological polar surface area (TPSA) is 106 Å². The molecule has 3 amide bonds. The summed E-state index contributed by atoms with van der Waals surface area (Å²) in [6.07, 6.45) is 3.49. The molecule has 1 aliphatic rings. The molecule has 0 spiro atoms. The van der Waals surface area contributed by atoms with E-state index in [-0.39, 0.29) is 23.9 Å². The first kappa shape index (κ1) is 24.6. The number of nitrogens with zero attached hydrogens (tertiary/aromatic N) is 3. The third kappa shape index (κ3) is 6.71. The van der Waals surface area contributed by atoms with Gasteiger partial charge in [-0.2, -0.15) is 5.10 Å². The van der Waals surface area contributed by atoms with Crippen molar-refractivity contribution in [2.24, 2.45) is 0 Å². The van der Waals surface area contributed by atoms with Crippen molar-refractivity contribution in [3.63, 3.8) is 0 Å². The Kier molecular flexibility index (Phi) is 8.71. The van der Waals surface area contributed by atoms with E-state index < -0.39 is 0 Å². The lowest BCUT2D eigenvalue weighted by Gasteiger charge is -2.31. The number of hydrogen-bond acceptors (Lipinski definition) is 5. The van der Waals surface area contributed by atoms with Crippen LogP contribution in [0.25, 0.3) is 5.69 Å². The number of likely N-dealkylation sites (tertiary alicyclic amines) is 1. The Morgan fingerprint density at radius 2 is 2.00 bits per heavy atom. The number of carbonyl (C=O) groups is 3. The molecule has 0 radical (unpaired) electrons. The third-order valence-corrected chi connectivity index (χ3v) is 5.79. The average Bonchev–Trinajstić information content (AvgIpc) is 3.18. The molecule has 2 heterocycles. The molecule has 0 unspecified atom stereocenters. The Morgan fingerprint density at radius 1 is 1.24 bits per heavy atom. The Hall–Kier alpha value is -3.07. The maximum atomic E-state index is 12.5. The zero-order valence-electron chi connectivity index (χ0n) is 19.0. The summed E-state index contributed by atoms with van der Waals surface area (Å²) in [5, 5.41) is 10.8. The van der Waals surface area contributed by atoms with Crippen LogP contribution < -0.4 is 10.6 Å². The second-order valence-electron chi connectivity index (χ2n) is 7.92. The third-order valence-electron chi connectivity index (χ3n) is 5.56. The second-order valence-corrected chi connectivity index (χ2v) is 8.36.